The van der Waals surface area contributed by atoms with Crippen LogP contribution in [0, 0.1) is 0 Å². The molecule has 0 saturated heterocycles. The minimum absolute atomic E-state index is 0.362. The Bertz CT molecular complexity index is 689. The summed E-state index contributed by atoms with van der Waals surface area (Å²) in [6, 6.07) is 16.3. The molecule has 3 aromatic carbocycles. The van der Waals surface area contributed by atoms with E-state index in [-0.39, 0.29) is 0 Å². The zero-order chi connectivity index (χ0) is 11.1. The van der Waals surface area contributed by atoms with Gasteiger partial charge in [0.1, 0.15) is 13.6 Å². The number of rotatable bonds is 0. The van der Waals surface area contributed by atoms with Crippen molar-refractivity contribution in [1.29, 1.82) is 0 Å². The molecule has 16 heavy (non-hydrogen) atoms. The van der Waals surface area contributed by atoms with E-state index in [0.717, 1.165) is 21.6 Å². The molecule has 3 rings (SSSR count). The van der Waals surface area contributed by atoms with E-state index in [1.807, 2.05) is 26.0 Å². The van der Waals surface area contributed by atoms with Gasteiger partial charge in [-0.1, -0.05) is 35.8 Å². The summed E-state index contributed by atoms with van der Waals surface area (Å²) in [6.07, 6.45) is 0. The van der Waals surface area contributed by atoms with Crippen molar-refractivity contribution >= 4 is 34.9 Å². The summed E-state index contributed by atoms with van der Waals surface area (Å²) in [5.41, 5.74) is 1.08. The third kappa shape index (κ3) is 1.35. The largest absolute Gasteiger partial charge is 0.507 e. The lowest BCUT2D eigenvalue weighted by atomic mass is 9.92. The van der Waals surface area contributed by atoms with E-state index in [1.165, 1.54) is 5.39 Å². The van der Waals surface area contributed by atoms with Gasteiger partial charge in [0.25, 0.3) is 0 Å². The fourth-order valence-electron chi connectivity index (χ4n) is 2.18. The van der Waals surface area contributed by atoms with E-state index in [4.69, 9.17) is 0 Å². The van der Waals surface area contributed by atoms with Crippen molar-refractivity contribution in [2.75, 3.05) is 0 Å². The summed E-state index contributed by atoms with van der Waals surface area (Å²) in [7, 11) is 1.99. The molecule has 2 heteroatoms. The van der Waals surface area contributed by atoms with Gasteiger partial charge in [-0.15, -0.1) is 0 Å². The summed E-state index contributed by atoms with van der Waals surface area (Å²) in [5, 5.41) is 14.3. The molecular weight excluding hydrogens is 195 g/mol. The summed E-state index contributed by atoms with van der Waals surface area (Å²) < 4.78 is 0. The Morgan fingerprint density at radius 3 is 2.25 bits per heavy atom. The van der Waals surface area contributed by atoms with E-state index < -0.39 is 0 Å². The van der Waals surface area contributed by atoms with Crippen molar-refractivity contribution in [2.45, 2.75) is 0 Å². The lowest BCUT2D eigenvalue weighted by molar-refractivity contribution is 0.482. The zero-order valence-electron chi connectivity index (χ0n) is 9.07. The molecule has 0 saturated carbocycles. The number of hydrogen-bond donors (Lipinski definition) is 1. The van der Waals surface area contributed by atoms with Gasteiger partial charge in [-0.3, -0.25) is 0 Å². The van der Waals surface area contributed by atoms with Gasteiger partial charge in [0, 0.05) is 5.39 Å². The Balaban J connectivity index is 2.51. The van der Waals surface area contributed by atoms with Crippen molar-refractivity contribution in [3.05, 3.63) is 48.5 Å². The Morgan fingerprint density at radius 2 is 1.50 bits per heavy atom. The molecule has 0 bridgehead atoms. The molecule has 0 heterocycles. The Labute approximate surface area is 94.7 Å². The molecule has 0 aliphatic carbocycles. The van der Waals surface area contributed by atoms with Crippen molar-refractivity contribution < 1.29 is 5.11 Å². The zero-order valence-corrected chi connectivity index (χ0v) is 9.07. The third-order valence-electron chi connectivity index (χ3n) is 2.94. The maximum absolute atomic E-state index is 9.91. The summed E-state index contributed by atoms with van der Waals surface area (Å²) in [6.45, 7) is 0. The van der Waals surface area contributed by atoms with Crippen molar-refractivity contribution in [1.82, 2.24) is 0 Å². The third-order valence-corrected chi connectivity index (χ3v) is 2.94. The normalized spacial score (nSPS) is 11.0. The molecule has 0 aliphatic heterocycles. The number of phenolic OH excluding ortho intramolecular Hbond substituents is 1. The maximum atomic E-state index is 9.91. The fraction of sp³-hybridized carbons (Fsp3) is 0. The second kappa shape index (κ2) is 3.27. The van der Waals surface area contributed by atoms with E-state index >= 15 is 0 Å². The molecular formula is C14H11BO. The molecule has 0 atom stereocenters. The molecule has 0 radical (unpaired) electrons. The van der Waals surface area contributed by atoms with Crippen molar-refractivity contribution in [3.63, 3.8) is 0 Å². The van der Waals surface area contributed by atoms with Gasteiger partial charge in [-0.05, 0) is 34.4 Å². The molecule has 3 aromatic rings. The van der Waals surface area contributed by atoms with Gasteiger partial charge in [-0.25, -0.2) is 0 Å². The highest BCUT2D eigenvalue weighted by molar-refractivity contribution is 6.33. The first-order valence-corrected chi connectivity index (χ1v) is 5.36. The van der Waals surface area contributed by atoms with Crippen LogP contribution in [0.15, 0.2) is 48.5 Å². The predicted octanol–water partition coefficient (Wildman–Crippen LogP) is 1.96. The SMILES string of the molecule is Bc1cc(O)c2cc3ccccc3cc2c1. The summed E-state index contributed by atoms with van der Waals surface area (Å²) in [5.74, 6) is 0.362. The minimum Gasteiger partial charge on any atom is -0.507 e. The molecule has 76 valence electrons. The first kappa shape index (κ1) is 9.28. The number of hydrogen-bond acceptors (Lipinski definition) is 1. The van der Waals surface area contributed by atoms with Crippen LogP contribution in [0.1, 0.15) is 0 Å². The van der Waals surface area contributed by atoms with Crippen molar-refractivity contribution in [3.8, 4) is 5.75 Å². The first-order valence-electron chi connectivity index (χ1n) is 5.36. The molecule has 0 aromatic heterocycles. The molecule has 1 nitrogen and oxygen atoms in total. The van der Waals surface area contributed by atoms with Crippen LogP contribution in [0.2, 0.25) is 0 Å². The van der Waals surface area contributed by atoms with E-state index in [9.17, 15) is 5.11 Å². The minimum atomic E-state index is 0.362. The second-order valence-electron chi connectivity index (χ2n) is 4.20. The quantitative estimate of drug-likeness (QED) is 0.440. The van der Waals surface area contributed by atoms with Gasteiger partial charge in [-0.2, -0.15) is 0 Å². The Hall–Kier alpha value is -1.96. The van der Waals surface area contributed by atoms with Gasteiger partial charge < -0.3 is 5.11 Å². The Morgan fingerprint density at radius 1 is 0.812 bits per heavy atom. The topological polar surface area (TPSA) is 20.2 Å². The van der Waals surface area contributed by atoms with Crippen LogP contribution in [0.5, 0.6) is 5.75 Å². The predicted molar refractivity (Wildman–Crippen MR) is 71.3 cm³/mol. The van der Waals surface area contributed by atoms with Gasteiger partial charge in [0.05, 0.1) is 0 Å². The molecule has 0 spiro atoms. The smallest absolute Gasteiger partial charge is 0.139 e. The molecule has 0 fully saturated rings. The van der Waals surface area contributed by atoms with Crippen LogP contribution in [0.25, 0.3) is 21.5 Å². The molecule has 0 aliphatic rings. The lowest BCUT2D eigenvalue weighted by Crippen LogP contribution is -2.00. The van der Waals surface area contributed by atoms with E-state index in [1.54, 1.807) is 6.07 Å². The molecule has 0 unspecified atom stereocenters. The van der Waals surface area contributed by atoms with Crippen LogP contribution in [0.3, 0.4) is 0 Å². The van der Waals surface area contributed by atoms with Crippen LogP contribution in [-0.4, -0.2) is 13.0 Å². The second-order valence-corrected chi connectivity index (χ2v) is 4.20. The fourth-order valence-corrected chi connectivity index (χ4v) is 2.18. The van der Waals surface area contributed by atoms with Crippen LogP contribution in [0.4, 0.5) is 0 Å². The Kier molecular flexibility index (Phi) is 1.90. The highest BCUT2D eigenvalue weighted by Gasteiger charge is 2.02. The van der Waals surface area contributed by atoms with Crippen molar-refractivity contribution in [2.24, 2.45) is 0 Å². The van der Waals surface area contributed by atoms with E-state index in [0.29, 0.717) is 5.75 Å². The first-order chi connectivity index (χ1) is 7.74. The van der Waals surface area contributed by atoms with Crippen LogP contribution >= 0.6 is 0 Å². The lowest BCUT2D eigenvalue weighted by Gasteiger charge is -2.05. The standard InChI is InChI=1S/C14H11BO/c15-12-6-11-5-9-3-1-2-4-10(9)7-13(11)14(16)8-12/h1-8,16H,15H2. The van der Waals surface area contributed by atoms with Crippen LogP contribution in [-0.2, 0) is 0 Å². The highest BCUT2D eigenvalue weighted by atomic mass is 16.3. The van der Waals surface area contributed by atoms with E-state index in [2.05, 4.69) is 24.3 Å². The molecule has 0 amide bonds. The average Bonchev–Trinajstić information content (AvgIpc) is 2.27. The van der Waals surface area contributed by atoms with Gasteiger partial charge in [0.15, 0.2) is 0 Å². The summed E-state index contributed by atoms with van der Waals surface area (Å²) in [4.78, 5) is 0. The number of phenols is 1. The number of benzene rings is 3. The molecule has 1 N–H and O–H groups in total. The monoisotopic (exact) mass is 206 g/mol. The average molecular weight is 206 g/mol. The van der Waals surface area contributed by atoms with Gasteiger partial charge in [0.2, 0.25) is 0 Å². The summed E-state index contributed by atoms with van der Waals surface area (Å²) >= 11 is 0. The van der Waals surface area contributed by atoms with Crippen LogP contribution < -0.4 is 5.46 Å². The maximum Gasteiger partial charge on any atom is 0.139 e. The number of fused-ring (bicyclic) bond motifs is 2. The highest BCUT2D eigenvalue weighted by Crippen LogP contribution is 2.27. The number of aromatic hydroxyl groups is 1. The van der Waals surface area contributed by atoms with Gasteiger partial charge >= 0.3 is 0 Å².